The first kappa shape index (κ1) is 14.3. The number of phenols is 1. The molecule has 5 heteroatoms. The lowest BCUT2D eigenvalue weighted by molar-refractivity contribution is 0.432. The molecule has 0 spiro atoms. The van der Waals surface area contributed by atoms with Crippen molar-refractivity contribution >= 4 is 23.0 Å². The predicted octanol–water partition coefficient (Wildman–Crippen LogP) is 3.06. The zero-order valence-electron chi connectivity index (χ0n) is 10.8. The average molecular weight is 290 g/mol. The molecule has 0 saturated heterocycles. The molecular weight excluding hydrogens is 275 g/mol. The molecule has 0 fully saturated rings. The second-order valence-corrected chi connectivity index (χ2v) is 4.69. The van der Waals surface area contributed by atoms with Gasteiger partial charge in [0, 0.05) is 18.3 Å². The molecule has 0 atom stereocenters. The third-order valence-electron chi connectivity index (χ3n) is 2.75. The van der Waals surface area contributed by atoms with Crippen molar-refractivity contribution in [2.24, 2.45) is 0 Å². The van der Waals surface area contributed by atoms with E-state index in [1.54, 1.807) is 6.07 Å². The first-order valence-electron chi connectivity index (χ1n) is 6.22. The highest BCUT2D eigenvalue weighted by molar-refractivity contribution is 7.80. The second kappa shape index (κ2) is 6.86. The van der Waals surface area contributed by atoms with Gasteiger partial charge in [-0.15, -0.1) is 0 Å². The van der Waals surface area contributed by atoms with Crippen LogP contribution in [-0.4, -0.2) is 16.8 Å². The van der Waals surface area contributed by atoms with E-state index < -0.39 is 5.82 Å². The van der Waals surface area contributed by atoms with Crippen molar-refractivity contribution in [3.63, 3.8) is 0 Å². The van der Waals surface area contributed by atoms with E-state index in [9.17, 15) is 4.39 Å². The van der Waals surface area contributed by atoms with E-state index in [0.29, 0.717) is 17.3 Å². The first-order chi connectivity index (χ1) is 9.65. The second-order valence-electron chi connectivity index (χ2n) is 4.28. The number of hydrogen-bond donors (Lipinski definition) is 3. The number of rotatable bonds is 4. The van der Waals surface area contributed by atoms with E-state index in [1.165, 1.54) is 17.7 Å². The summed E-state index contributed by atoms with van der Waals surface area (Å²) in [7, 11) is 0. The van der Waals surface area contributed by atoms with E-state index in [-0.39, 0.29) is 5.75 Å². The Morgan fingerprint density at radius 2 is 1.90 bits per heavy atom. The Labute approximate surface area is 122 Å². The highest BCUT2D eigenvalue weighted by atomic mass is 32.1. The minimum Gasteiger partial charge on any atom is -0.505 e. The highest BCUT2D eigenvalue weighted by Gasteiger charge is 2.03. The van der Waals surface area contributed by atoms with Gasteiger partial charge in [-0.2, -0.15) is 0 Å². The zero-order valence-corrected chi connectivity index (χ0v) is 11.6. The lowest BCUT2D eigenvalue weighted by Gasteiger charge is -2.10. The van der Waals surface area contributed by atoms with Crippen LogP contribution in [0.5, 0.6) is 5.75 Å². The monoisotopic (exact) mass is 290 g/mol. The van der Waals surface area contributed by atoms with Gasteiger partial charge in [0.25, 0.3) is 0 Å². The summed E-state index contributed by atoms with van der Waals surface area (Å²) in [5, 5.41) is 15.4. The van der Waals surface area contributed by atoms with Gasteiger partial charge in [0.1, 0.15) is 0 Å². The number of hydrogen-bond acceptors (Lipinski definition) is 2. The van der Waals surface area contributed by atoms with Crippen LogP contribution in [0.4, 0.5) is 10.1 Å². The Kier molecular flexibility index (Phi) is 4.90. The van der Waals surface area contributed by atoms with Gasteiger partial charge in [-0.1, -0.05) is 30.3 Å². The van der Waals surface area contributed by atoms with Crippen molar-refractivity contribution < 1.29 is 9.50 Å². The summed E-state index contributed by atoms with van der Waals surface area (Å²) in [6.07, 6.45) is 0.854. The lowest BCUT2D eigenvalue weighted by atomic mass is 10.1. The summed E-state index contributed by atoms with van der Waals surface area (Å²) in [6.45, 7) is 0.691. The van der Waals surface area contributed by atoms with E-state index >= 15 is 0 Å². The molecule has 0 heterocycles. The quantitative estimate of drug-likeness (QED) is 0.598. The summed E-state index contributed by atoms with van der Waals surface area (Å²) in [5.74, 6) is -1.06. The summed E-state index contributed by atoms with van der Waals surface area (Å²) in [4.78, 5) is 0. The Hall–Kier alpha value is -2.14. The number of thiocarbonyl (C=S) groups is 1. The smallest absolute Gasteiger partial charge is 0.170 e. The Balaban J connectivity index is 1.79. The van der Waals surface area contributed by atoms with Crippen molar-refractivity contribution in [2.45, 2.75) is 6.42 Å². The summed E-state index contributed by atoms with van der Waals surface area (Å²) in [6, 6.07) is 14.1. The fraction of sp³-hybridized carbons (Fsp3) is 0.133. The molecule has 0 radical (unpaired) electrons. The fourth-order valence-corrected chi connectivity index (χ4v) is 1.94. The van der Waals surface area contributed by atoms with Crippen molar-refractivity contribution in [3.8, 4) is 5.75 Å². The average Bonchev–Trinajstić information content (AvgIpc) is 2.44. The first-order valence-corrected chi connectivity index (χ1v) is 6.63. The van der Waals surface area contributed by atoms with Crippen LogP contribution in [0, 0.1) is 5.82 Å². The van der Waals surface area contributed by atoms with Gasteiger partial charge in [0.15, 0.2) is 16.7 Å². The van der Waals surface area contributed by atoms with Crippen molar-refractivity contribution in [1.82, 2.24) is 5.32 Å². The minimum atomic E-state index is -0.679. The molecular formula is C15H15FN2OS. The summed E-state index contributed by atoms with van der Waals surface area (Å²) >= 11 is 5.12. The van der Waals surface area contributed by atoms with Crippen LogP contribution in [-0.2, 0) is 6.42 Å². The van der Waals surface area contributed by atoms with Crippen LogP contribution in [0.3, 0.4) is 0 Å². The van der Waals surface area contributed by atoms with Crippen LogP contribution in [0.15, 0.2) is 48.5 Å². The molecule has 0 bridgehead atoms. The van der Waals surface area contributed by atoms with Gasteiger partial charge in [-0.3, -0.25) is 0 Å². The third-order valence-corrected chi connectivity index (χ3v) is 2.99. The van der Waals surface area contributed by atoms with E-state index in [2.05, 4.69) is 10.6 Å². The van der Waals surface area contributed by atoms with Gasteiger partial charge in [-0.05, 0) is 36.3 Å². The van der Waals surface area contributed by atoms with Gasteiger partial charge in [-0.25, -0.2) is 4.39 Å². The Morgan fingerprint density at radius 3 is 2.60 bits per heavy atom. The number of aromatic hydroxyl groups is 1. The number of benzene rings is 2. The SMILES string of the molecule is Oc1ccc(NC(=S)NCCc2ccccc2)cc1F. The van der Waals surface area contributed by atoms with E-state index in [0.717, 1.165) is 6.42 Å². The molecule has 0 aliphatic carbocycles. The molecule has 0 aliphatic heterocycles. The standard InChI is InChI=1S/C15H15FN2OS/c16-13-10-12(6-7-14(13)19)18-15(20)17-9-8-11-4-2-1-3-5-11/h1-7,10,19H,8-9H2,(H2,17,18,20). The summed E-state index contributed by atoms with van der Waals surface area (Å²) < 4.78 is 13.1. The van der Waals surface area contributed by atoms with E-state index in [1.807, 2.05) is 30.3 Å². The van der Waals surface area contributed by atoms with Gasteiger partial charge in [0.2, 0.25) is 0 Å². The number of nitrogens with one attached hydrogen (secondary N) is 2. The maximum atomic E-state index is 13.1. The maximum absolute atomic E-state index is 13.1. The van der Waals surface area contributed by atoms with Crippen molar-refractivity contribution in [2.75, 3.05) is 11.9 Å². The third kappa shape index (κ3) is 4.20. The van der Waals surface area contributed by atoms with E-state index in [4.69, 9.17) is 17.3 Å². The molecule has 2 aromatic carbocycles. The lowest BCUT2D eigenvalue weighted by Crippen LogP contribution is -2.30. The maximum Gasteiger partial charge on any atom is 0.170 e. The molecule has 0 amide bonds. The van der Waals surface area contributed by atoms with Gasteiger partial charge in [0.05, 0.1) is 0 Å². The van der Waals surface area contributed by atoms with Crippen LogP contribution >= 0.6 is 12.2 Å². The minimum absolute atomic E-state index is 0.376. The molecule has 2 rings (SSSR count). The number of halogens is 1. The van der Waals surface area contributed by atoms with Gasteiger partial charge < -0.3 is 15.7 Å². The van der Waals surface area contributed by atoms with Crippen LogP contribution in [0.25, 0.3) is 0 Å². The van der Waals surface area contributed by atoms with Crippen LogP contribution < -0.4 is 10.6 Å². The molecule has 0 saturated carbocycles. The molecule has 0 aliphatic rings. The Bertz CT molecular complexity index is 590. The number of phenolic OH excluding ortho intramolecular Hbond substituents is 1. The van der Waals surface area contributed by atoms with Crippen LogP contribution in [0.2, 0.25) is 0 Å². The normalized spacial score (nSPS) is 10.1. The largest absolute Gasteiger partial charge is 0.505 e. The zero-order chi connectivity index (χ0) is 14.4. The number of anilines is 1. The van der Waals surface area contributed by atoms with Crippen molar-refractivity contribution in [1.29, 1.82) is 0 Å². The molecule has 0 unspecified atom stereocenters. The van der Waals surface area contributed by atoms with Crippen molar-refractivity contribution in [3.05, 3.63) is 59.9 Å². The summed E-state index contributed by atoms with van der Waals surface area (Å²) in [5.41, 5.74) is 1.72. The van der Waals surface area contributed by atoms with Crippen LogP contribution in [0.1, 0.15) is 5.56 Å². The Morgan fingerprint density at radius 1 is 1.15 bits per heavy atom. The predicted molar refractivity (Wildman–Crippen MR) is 82.4 cm³/mol. The molecule has 0 aromatic heterocycles. The molecule has 3 nitrogen and oxygen atoms in total. The molecule has 3 N–H and O–H groups in total. The molecule has 2 aromatic rings. The topological polar surface area (TPSA) is 44.3 Å². The fourth-order valence-electron chi connectivity index (χ4n) is 1.72. The van der Waals surface area contributed by atoms with Gasteiger partial charge >= 0.3 is 0 Å². The highest BCUT2D eigenvalue weighted by Crippen LogP contribution is 2.19. The molecule has 20 heavy (non-hydrogen) atoms. The molecule has 104 valence electrons.